The van der Waals surface area contributed by atoms with E-state index in [4.69, 9.17) is 4.74 Å². The van der Waals surface area contributed by atoms with E-state index in [1.165, 1.54) is 12.5 Å². The Morgan fingerprint density at radius 3 is 2.58 bits per heavy atom. The quantitative estimate of drug-likeness (QED) is 0.499. The van der Waals surface area contributed by atoms with Crippen LogP contribution in [-0.2, 0) is 11.3 Å². The third-order valence-electron chi connectivity index (χ3n) is 5.40. The monoisotopic (exact) mass is 489 g/mol. The highest BCUT2D eigenvalue weighted by molar-refractivity contribution is 9.10. The Morgan fingerprint density at radius 1 is 1.23 bits per heavy atom. The Hall–Kier alpha value is -1.93. The van der Waals surface area contributed by atoms with Gasteiger partial charge in [0, 0.05) is 30.5 Å². The Labute approximate surface area is 193 Å². The predicted molar refractivity (Wildman–Crippen MR) is 127 cm³/mol. The number of nitrogens with one attached hydrogen (secondary N) is 2. The molecule has 1 unspecified atom stereocenters. The van der Waals surface area contributed by atoms with E-state index in [1.54, 1.807) is 12.1 Å². The molecule has 2 aromatic rings. The van der Waals surface area contributed by atoms with E-state index in [2.05, 4.69) is 55.7 Å². The van der Waals surface area contributed by atoms with Crippen molar-refractivity contribution >= 4 is 27.5 Å². The van der Waals surface area contributed by atoms with Gasteiger partial charge in [0.2, 0.25) is 5.91 Å². The van der Waals surface area contributed by atoms with Crippen LogP contribution < -0.4 is 15.4 Å². The fraction of sp³-hybridized carbons (Fsp3) is 0.458. The number of para-hydroxylation sites is 2. The molecule has 0 aromatic heterocycles. The van der Waals surface area contributed by atoms with Gasteiger partial charge in [-0.2, -0.15) is 0 Å². The summed E-state index contributed by atoms with van der Waals surface area (Å²) in [6.45, 7) is 6.65. The summed E-state index contributed by atoms with van der Waals surface area (Å²) < 4.78 is 7.01. The molecule has 7 heteroatoms. The van der Waals surface area contributed by atoms with Crippen molar-refractivity contribution in [1.82, 2.24) is 10.2 Å². The molecule has 1 saturated heterocycles. The van der Waals surface area contributed by atoms with E-state index in [-0.39, 0.29) is 12.5 Å². The van der Waals surface area contributed by atoms with Crippen LogP contribution in [0.15, 0.2) is 53.0 Å². The zero-order valence-electron chi connectivity index (χ0n) is 18.2. The van der Waals surface area contributed by atoms with E-state index in [0.29, 0.717) is 24.0 Å². The highest BCUT2D eigenvalue weighted by Gasteiger charge is 2.30. The molecule has 1 aliphatic rings. The highest BCUT2D eigenvalue weighted by Crippen LogP contribution is 2.26. The molecule has 168 valence electrons. The number of benzene rings is 2. The average molecular weight is 490 g/mol. The molecule has 31 heavy (non-hydrogen) atoms. The van der Waals surface area contributed by atoms with Gasteiger partial charge in [-0.3, -0.25) is 9.69 Å². The SMILES string of the molecule is CC(=O)Nc1ccccc1OCC(C)(O)CN(Cc1ccc(Br)cc1)C1CCNCC1. The van der Waals surface area contributed by atoms with Gasteiger partial charge in [0.15, 0.2) is 0 Å². The Bertz CT molecular complexity index is 851. The van der Waals surface area contributed by atoms with E-state index < -0.39 is 5.60 Å². The summed E-state index contributed by atoms with van der Waals surface area (Å²) in [5.41, 5.74) is 0.772. The first kappa shape index (κ1) is 23.7. The van der Waals surface area contributed by atoms with Crippen LogP contribution >= 0.6 is 15.9 Å². The molecule has 3 N–H and O–H groups in total. The molecule has 6 nitrogen and oxygen atoms in total. The van der Waals surface area contributed by atoms with Crippen molar-refractivity contribution in [3.8, 4) is 5.75 Å². The lowest BCUT2D eigenvalue weighted by Gasteiger charge is -2.39. The lowest BCUT2D eigenvalue weighted by molar-refractivity contribution is -0.114. The summed E-state index contributed by atoms with van der Waals surface area (Å²) in [4.78, 5) is 13.8. The topological polar surface area (TPSA) is 73.8 Å². The van der Waals surface area contributed by atoms with Crippen LogP contribution in [0.3, 0.4) is 0 Å². The number of aliphatic hydroxyl groups is 1. The fourth-order valence-electron chi connectivity index (χ4n) is 3.91. The lowest BCUT2D eigenvalue weighted by Crippen LogP contribution is -2.51. The Morgan fingerprint density at radius 2 is 1.90 bits per heavy atom. The highest BCUT2D eigenvalue weighted by atomic mass is 79.9. The number of nitrogens with zero attached hydrogens (tertiary/aromatic N) is 1. The molecule has 3 rings (SSSR count). The second-order valence-corrected chi connectivity index (χ2v) is 9.39. The van der Waals surface area contributed by atoms with Gasteiger partial charge < -0.3 is 20.5 Å². The molecule has 1 amide bonds. The van der Waals surface area contributed by atoms with Crippen LogP contribution in [0.2, 0.25) is 0 Å². The predicted octanol–water partition coefficient (Wildman–Crippen LogP) is 3.79. The molecule has 0 spiro atoms. The van der Waals surface area contributed by atoms with Gasteiger partial charge in [0.1, 0.15) is 18.0 Å². The summed E-state index contributed by atoms with van der Waals surface area (Å²) in [6, 6.07) is 16.0. The number of carbonyl (C=O) groups excluding carboxylic acids is 1. The van der Waals surface area contributed by atoms with Crippen LogP contribution in [0, 0.1) is 0 Å². The molecule has 0 bridgehead atoms. The van der Waals surface area contributed by atoms with Crippen molar-refractivity contribution in [3.05, 3.63) is 58.6 Å². The van der Waals surface area contributed by atoms with Crippen molar-refractivity contribution in [1.29, 1.82) is 0 Å². The number of ether oxygens (including phenoxy) is 1. The van der Waals surface area contributed by atoms with Gasteiger partial charge in [-0.25, -0.2) is 0 Å². The van der Waals surface area contributed by atoms with Crippen LogP contribution in [0.1, 0.15) is 32.3 Å². The molecule has 0 radical (unpaired) electrons. The number of hydrogen-bond acceptors (Lipinski definition) is 5. The van der Waals surface area contributed by atoms with E-state index in [0.717, 1.165) is 36.9 Å². The van der Waals surface area contributed by atoms with Gasteiger partial charge in [0.05, 0.1) is 5.69 Å². The van der Waals surface area contributed by atoms with Gasteiger partial charge in [0.25, 0.3) is 0 Å². The zero-order chi connectivity index (χ0) is 22.3. The second-order valence-electron chi connectivity index (χ2n) is 8.48. The van der Waals surface area contributed by atoms with E-state index >= 15 is 0 Å². The lowest BCUT2D eigenvalue weighted by atomic mass is 10.00. The van der Waals surface area contributed by atoms with Gasteiger partial charge >= 0.3 is 0 Å². The van der Waals surface area contributed by atoms with Gasteiger partial charge in [-0.05, 0) is 62.7 Å². The molecule has 1 fully saturated rings. The molecule has 1 atom stereocenters. The largest absolute Gasteiger partial charge is 0.488 e. The second kappa shape index (κ2) is 11.1. The summed E-state index contributed by atoms with van der Waals surface area (Å²) in [5.74, 6) is 0.397. The number of carbonyl (C=O) groups is 1. The molecular weight excluding hydrogens is 458 g/mol. The number of anilines is 1. The molecule has 0 saturated carbocycles. The van der Waals surface area contributed by atoms with Crippen LogP contribution in [0.4, 0.5) is 5.69 Å². The molecule has 2 aromatic carbocycles. The number of hydrogen-bond donors (Lipinski definition) is 3. The maximum absolute atomic E-state index is 11.5. The van der Waals surface area contributed by atoms with Crippen molar-refractivity contribution < 1.29 is 14.6 Å². The molecular formula is C24H32BrN3O3. The first-order valence-electron chi connectivity index (χ1n) is 10.7. The van der Waals surface area contributed by atoms with Crippen LogP contribution in [0.5, 0.6) is 5.75 Å². The minimum Gasteiger partial charge on any atom is -0.488 e. The van der Waals surface area contributed by atoms with Crippen molar-refractivity contribution in [2.45, 2.75) is 44.9 Å². The van der Waals surface area contributed by atoms with E-state index in [9.17, 15) is 9.90 Å². The summed E-state index contributed by atoms with van der Waals surface area (Å²) in [7, 11) is 0. The van der Waals surface area contributed by atoms with Gasteiger partial charge in [-0.1, -0.05) is 40.2 Å². The molecule has 1 aliphatic heterocycles. The average Bonchev–Trinajstić information content (AvgIpc) is 2.74. The fourth-order valence-corrected chi connectivity index (χ4v) is 4.18. The number of amides is 1. The zero-order valence-corrected chi connectivity index (χ0v) is 19.8. The Balaban J connectivity index is 1.68. The first-order valence-corrected chi connectivity index (χ1v) is 11.5. The number of piperidine rings is 1. The van der Waals surface area contributed by atoms with Gasteiger partial charge in [-0.15, -0.1) is 0 Å². The smallest absolute Gasteiger partial charge is 0.221 e. The maximum Gasteiger partial charge on any atom is 0.221 e. The molecule has 1 heterocycles. The van der Waals surface area contributed by atoms with E-state index in [1.807, 2.05) is 19.1 Å². The number of rotatable bonds is 9. The van der Waals surface area contributed by atoms with Crippen molar-refractivity contribution in [2.75, 3.05) is 31.6 Å². The minimum absolute atomic E-state index is 0.130. The maximum atomic E-state index is 11.5. The number of halogens is 1. The first-order chi connectivity index (χ1) is 14.8. The van der Waals surface area contributed by atoms with Crippen LogP contribution in [-0.4, -0.2) is 53.8 Å². The van der Waals surface area contributed by atoms with Crippen molar-refractivity contribution in [2.24, 2.45) is 0 Å². The van der Waals surface area contributed by atoms with Crippen LogP contribution in [0.25, 0.3) is 0 Å². The summed E-state index contributed by atoms with van der Waals surface area (Å²) in [6.07, 6.45) is 2.11. The van der Waals surface area contributed by atoms with Crippen molar-refractivity contribution in [3.63, 3.8) is 0 Å². The Kier molecular flexibility index (Phi) is 8.49. The standard InChI is InChI=1S/C24H32BrN3O3/c1-18(29)27-22-5-3-4-6-23(22)31-17-24(2,30)16-28(21-11-13-26-14-12-21)15-19-7-9-20(25)10-8-19/h3-10,21,26,30H,11-17H2,1-2H3,(H,27,29). The summed E-state index contributed by atoms with van der Waals surface area (Å²) in [5, 5.41) is 17.4. The third kappa shape index (κ3) is 7.61. The normalized spacial score (nSPS) is 16.7. The molecule has 0 aliphatic carbocycles. The minimum atomic E-state index is -1.05. The summed E-state index contributed by atoms with van der Waals surface area (Å²) >= 11 is 3.50. The third-order valence-corrected chi connectivity index (χ3v) is 5.93.